The summed E-state index contributed by atoms with van der Waals surface area (Å²) in [6.07, 6.45) is 1.67. The number of H-pyrrole nitrogens is 1. The zero-order valence-corrected chi connectivity index (χ0v) is 6.15. The van der Waals surface area contributed by atoms with Crippen LogP contribution in [0.5, 0.6) is 5.75 Å². The van der Waals surface area contributed by atoms with Gasteiger partial charge in [-0.2, -0.15) is 5.10 Å². The third-order valence-electron chi connectivity index (χ3n) is 1.60. The highest BCUT2D eigenvalue weighted by molar-refractivity contribution is 5.79. The molecule has 0 aliphatic heterocycles. The average molecular weight is 162 g/mol. The van der Waals surface area contributed by atoms with Crippen molar-refractivity contribution in [2.75, 3.05) is 0 Å². The molecule has 2 rings (SSSR count). The Kier molecular flexibility index (Phi) is 1.51. The normalized spacial score (nSPS) is 10.0. The number of hydrogen-bond donors (Lipinski definition) is 1. The van der Waals surface area contributed by atoms with Gasteiger partial charge in [-0.05, 0) is 18.2 Å². The van der Waals surface area contributed by atoms with E-state index in [4.69, 9.17) is 0 Å². The number of nitrogens with zero attached hydrogens (tertiary/aromatic N) is 1. The number of nitrogens with one attached hydrogen (secondary N) is 1. The second kappa shape index (κ2) is 2.65. The van der Waals surface area contributed by atoms with Crippen molar-refractivity contribution in [3.05, 3.63) is 24.4 Å². The van der Waals surface area contributed by atoms with E-state index in [1.165, 1.54) is 0 Å². The van der Waals surface area contributed by atoms with Gasteiger partial charge >= 0.3 is 0 Å². The van der Waals surface area contributed by atoms with Crippen LogP contribution in [-0.2, 0) is 4.79 Å². The minimum absolute atomic E-state index is 0.404. The summed E-state index contributed by atoms with van der Waals surface area (Å²) in [5.41, 5.74) is 0.924. The largest absolute Gasteiger partial charge is 0.429 e. The van der Waals surface area contributed by atoms with Crippen molar-refractivity contribution in [1.29, 1.82) is 0 Å². The van der Waals surface area contributed by atoms with Crippen molar-refractivity contribution in [2.24, 2.45) is 0 Å². The van der Waals surface area contributed by atoms with Crippen LogP contribution in [0.2, 0.25) is 0 Å². The molecule has 4 nitrogen and oxygen atoms in total. The lowest BCUT2D eigenvalue weighted by atomic mass is 10.2. The molecule has 2 aromatic rings. The Hall–Kier alpha value is -1.84. The molecule has 0 saturated heterocycles. The lowest BCUT2D eigenvalue weighted by molar-refractivity contribution is -0.120. The van der Waals surface area contributed by atoms with Gasteiger partial charge in [-0.1, -0.05) is 0 Å². The molecule has 0 unspecified atom stereocenters. The van der Waals surface area contributed by atoms with Gasteiger partial charge in [0.25, 0.3) is 6.47 Å². The minimum atomic E-state index is 0.404. The Labute approximate surface area is 68.2 Å². The molecule has 12 heavy (non-hydrogen) atoms. The van der Waals surface area contributed by atoms with Crippen LogP contribution < -0.4 is 4.74 Å². The summed E-state index contributed by atoms with van der Waals surface area (Å²) in [6.45, 7) is 0.404. The van der Waals surface area contributed by atoms with Crippen molar-refractivity contribution in [2.45, 2.75) is 0 Å². The lowest BCUT2D eigenvalue weighted by Gasteiger charge is -1.95. The topological polar surface area (TPSA) is 55.0 Å². The first-order chi connectivity index (χ1) is 5.90. The molecule has 0 amide bonds. The Morgan fingerprint density at radius 2 is 2.42 bits per heavy atom. The maximum Gasteiger partial charge on any atom is 0.298 e. The predicted octanol–water partition coefficient (Wildman–Crippen LogP) is 1.10. The molecule has 0 radical (unpaired) electrons. The van der Waals surface area contributed by atoms with Gasteiger partial charge < -0.3 is 4.74 Å². The number of hydrogen-bond acceptors (Lipinski definition) is 3. The van der Waals surface area contributed by atoms with Gasteiger partial charge in [-0.3, -0.25) is 9.89 Å². The van der Waals surface area contributed by atoms with E-state index in [0.29, 0.717) is 12.2 Å². The highest BCUT2D eigenvalue weighted by atomic mass is 16.5. The molecule has 1 N–H and O–H groups in total. The third-order valence-corrected chi connectivity index (χ3v) is 1.60. The van der Waals surface area contributed by atoms with E-state index in [-0.39, 0.29) is 0 Å². The average Bonchev–Trinajstić information content (AvgIpc) is 2.51. The Morgan fingerprint density at radius 1 is 1.50 bits per heavy atom. The minimum Gasteiger partial charge on any atom is -0.429 e. The van der Waals surface area contributed by atoms with Crippen LogP contribution >= 0.6 is 0 Å². The fraction of sp³-hybridized carbons (Fsp3) is 0. The van der Waals surface area contributed by atoms with Crippen LogP contribution in [0.25, 0.3) is 10.9 Å². The van der Waals surface area contributed by atoms with Crippen molar-refractivity contribution in [3.63, 3.8) is 0 Å². The summed E-state index contributed by atoms with van der Waals surface area (Å²) >= 11 is 0. The number of benzene rings is 1. The molecule has 0 saturated carbocycles. The summed E-state index contributed by atoms with van der Waals surface area (Å²) in [7, 11) is 0. The van der Waals surface area contributed by atoms with Gasteiger partial charge in [0.05, 0.1) is 11.7 Å². The second-order valence-corrected chi connectivity index (χ2v) is 2.33. The Balaban J connectivity index is 2.52. The summed E-state index contributed by atoms with van der Waals surface area (Å²) in [5, 5.41) is 7.55. The predicted molar refractivity (Wildman–Crippen MR) is 42.8 cm³/mol. The van der Waals surface area contributed by atoms with Gasteiger partial charge in [0.15, 0.2) is 0 Å². The van der Waals surface area contributed by atoms with Crippen LogP contribution in [-0.4, -0.2) is 16.7 Å². The smallest absolute Gasteiger partial charge is 0.298 e. The number of carbonyl (C=O) groups excluding carboxylic acids is 1. The Morgan fingerprint density at radius 3 is 3.25 bits per heavy atom. The maximum absolute atomic E-state index is 10.0. The van der Waals surface area contributed by atoms with Gasteiger partial charge in [0.1, 0.15) is 5.75 Å². The fourth-order valence-electron chi connectivity index (χ4n) is 1.05. The summed E-state index contributed by atoms with van der Waals surface area (Å²) in [5.74, 6) is 0.527. The van der Waals surface area contributed by atoms with E-state index in [1.807, 2.05) is 0 Å². The molecule has 1 aromatic carbocycles. The first kappa shape index (κ1) is 6.84. The SMILES string of the molecule is O=COc1ccc2[nH]ncc2c1. The summed E-state index contributed by atoms with van der Waals surface area (Å²) in [6, 6.07) is 5.25. The summed E-state index contributed by atoms with van der Waals surface area (Å²) in [4.78, 5) is 10.0. The molecular formula is C8H6N2O2. The molecule has 0 fully saturated rings. The van der Waals surface area contributed by atoms with E-state index < -0.39 is 0 Å². The van der Waals surface area contributed by atoms with Crippen LogP contribution in [0.4, 0.5) is 0 Å². The van der Waals surface area contributed by atoms with Crippen LogP contribution in [0.3, 0.4) is 0 Å². The fourth-order valence-corrected chi connectivity index (χ4v) is 1.05. The molecule has 0 spiro atoms. The molecule has 4 heteroatoms. The molecule has 0 atom stereocenters. The van der Waals surface area contributed by atoms with Crippen molar-refractivity contribution in [1.82, 2.24) is 10.2 Å². The van der Waals surface area contributed by atoms with E-state index in [1.54, 1.807) is 24.4 Å². The van der Waals surface area contributed by atoms with Crippen molar-refractivity contribution < 1.29 is 9.53 Å². The maximum atomic E-state index is 10.0. The first-order valence-corrected chi connectivity index (χ1v) is 3.43. The van der Waals surface area contributed by atoms with Crippen LogP contribution in [0.15, 0.2) is 24.4 Å². The highest BCUT2D eigenvalue weighted by Gasteiger charge is 1.97. The number of aromatic amines is 1. The number of aromatic nitrogens is 2. The van der Waals surface area contributed by atoms with Gasteiger partial charge in [-0.25, -0.2) is 0 Å². The molecular weight excluding hydrogens is 156 g/mol. The number of carbonyl (C=O) groups is 1. The second-order valence-electron chi connectivity index (χ2n) is 2.33. The number of rotatable bonds is 2. The van der Waals surface area contributed by atoms with Gasteiger partial charge in [-0.15, -0.1) is 0 Å². The van der Waals surface area contributed by atoms with E-state index >= 15 is 0 Å². The standard InChI is InChI=1S/C8H6N2O2/c11-5-12-7-1-2-8-6(3-7)4-9-10-8/h1-5H,(H,9,10). The van der Waals surface area contributed by atoms with Crippen molar-refractivity contribution in [3.8, 4) is 5.75 Å². The number of ether oxygens (including phenoxy) is 1. The van der Waals surface area contributed by atoms with Crippen molar-refractivity contribution >= 4 is 17.4 Å². The zero-order valence-electron chi connectivity index (χ0n) is 6.15. The van der Waals surface area contributed by atoms with Crippen LogP contribution in [0, 0.1) is 0 Å². The molecule has 1 aromatic heterocycles. The molecule has 1 heterocycles. The quantitative estimate of drug-likeness (QED) is 0.672. The van der Waals surface area contributed by atoms with E-state index in [9.17, 15) is 4.79 Å². The number of fused-ring (bicyclic) bond motifs is 1. The Bertz CT molecular complexity index is 408. The first-order valence-electron chi connectivity index (χ1n) is 3.43. The lowest BCUT2D eigenvalue weighted by Crippen LogP contribution is -1.86. The zero-order chi connectivity index (χ0) is 8.39. The highest BCUT2D eigenvalue weighted by Crippen LogP contribution is 2.17. The molecule has 0 aliphatic rings. The summed E-state index contributed by atoms with van der Waals surface area (Å²) < 4.78 is 4.66. The molecule has 0 aliphatic carbocycles. The van der Waals surface area contributed by atoms with E-state index in [2.05, 4.69) is 14.9 Å². The van der Waals surface area contributed by atoms with Gasteiger partial charge in [0.2, 0.25) is 0 Å². The molecule has 60 valence electrons. The monoisotopic (exact) mass is 162 g/mol. The van der Waals surface area contributed by atoms with Crippen LogP contribution in [0.1, 0.15) is 0 Å². The van der Waals surface area contributed by atoms with Gasteiger partial charge in [0, 0.05) is 5.39 Å². The van der Waals surface area contributed by atoms with E-state index in [0.717, 1.165) is 10.9 Å². The molecule has 0 bridgehead atoms. The third kappa shape index (κ3) is 1.03.